The van der Waals surface area contributed by atoms with Crippen molar-refractivity contribution in [3.05, 3.63) is 28.2 Å². The molecule has 1 aliphatic heterocycles. The summed E-state index contributed by atoms with van der Waals surface area (Å²) < 4.78 is 12.2. The van der Waals surface area contributed by atoms with Gasteiger partial charge in [-0.15, -0.1) is 11.6 Å². The third kappa shape index (κ3) is 3.40. The molecular formula is C14H18BrClO2. The van der Waals surface area contributed by atoms with Gasteiger partial charge in [0.1, 0.15) is 5.75 Å². The lowest BCUT2D eigenvalue weighted by Gasteiger charge is -2.27. The maximum absolute atomic E-state index is 6.50. The predicted octanol–water partition coefficient (Wildman–Crippen LogP) is 4.70. The molecule has 4 heteroatoms. The van der Waals surface area contributed by atoms with Crippen LogP contribution in [-0.2, 0) is 4.74 Å². The van der Waals surface area contributed by atoms with Gasteiger partial charge in [-0.25, -0.2) is 0 Å². The molecule has 2 atom stereocenters. The van der Waals surface area contributed by atoms with Gasteiger partial charge in [-0.3, -0.25) is 0 Å². The van der Waals surface area contributed by atoms with E-state index in [0.29, 0.717) is 6.61 Å². The van der Waals surface area contributed by atoms with Crippen molar-refractivity contribution in [1.82, 2.24) is 0 Å². The van der Waals surface area contributed by atoms with Gasteiger partial charge in [0.2, 0.25) is 0 Å². The smallest absolute Gasteiger partial charge is 0.133 e. The molecule has 2 nitrogen and oxygen atoms in total. The Bertz CT molecular complexity index is 391. The number of halogens is 2. The quantitative estimate of drug-likeness (QED) is 0.744. The first-order valence-corrected chi connectivity index (χ1v) is 7.63. The van der Waals surface area contributed by atoms with Crippen LogP contribution in [-0.4, -0.2) is 19.3 Å². The number of benzene rings is 1. The van der Waals surface area contributed by atoms with Gasteiger partial charge in [-0.05, 0) is 59.8 Å². The zero-order valence-corrected chi connectivity index (χ0v) is 12.8. The Hall–Kier alpha value is -0.250. The molecule has 0 saturated carbocycles. The highest BCUT2D eigenvalue weighted by atomic mass is 79.9. The SMILES string of the molecule is CCOc1ccc(C(Cl)C2CCCCO2)cc1Br. The van der Waals surface area contributed by atoms with Gasteiger partial charge >= 0.3 is 0 Å². The van der Waals surface area contributed by atoms with Crippen molar-refractivity contribution in [3.8, 4) is 5.75 Å². The maximum atomic E-state index is 6.50. The van der Waals surface area contributed by atoms with E-state index in [2.05, 4.69) is 15.9 Å². The van der Waals surface area contributed by atoms with Crippen LogP contribution in [0.5, 0.6) is 5.75 Å². The zero-order valence-electron chi connectivity index (χ0n) is 10.5. The molecule has 1 aromatic carbocycles. The van der Waals surface area contributed by atoms with E-state index in [4.69, 9.17) is 21.1 Å². The van der Waals surface area contributed by atoms with Crippen LogP contribution in [0.1, 0.15) is 37.1 Å². The molecule has 1 saturated heterocycles. The van der Waals surface area contributed by atoms with Gasteiger partial charge in [-0.1, -0.05) is 6.07 Å². The molecule has 1 heterocycles. The fourth-order valence-electron chi connectivity index (χ4n) is 2.17. The molecule has 2 rings (SSSR count). The van der Waals surface area contributed by atoms with E-state index >= 15 is 0 Å². The molecule has 2 unspecified atom stereocenters. The average Bonchev–Trinajstić information content (AvgIpc) is 2.41. The van der Waals surface area contributed by atoms with Crippen molar-refractivity contribution in [2.24, 2.45) is 0 Å². The van der Waals surface area contributed by atoms with Crippen molar-refractivity contribution in [1.29, 1.82) is 0 Å². The van der Waals surface area contributed by atoms with E-state index in [0.717, 1.165) is 35.2 Å². The van der Waals surface area contributed by atoms with Gasteiger partial charge in [0.25, 0.3) is 0 Å². The first-order chi connectivity index (χ1) is 8.72. The molecule has 1 aliphatic rings. The Kier molecular flexibility index (Phi) is 5.34. The lowest BCUT2D eigenvalue weighted by atomic mass is 10.0. The Morgan fingerprint density at radius 2 is 2.33 bits per heavy atom. The van der Waals surface area contributed by atoms with Gasteiger partial charge in [0, 0.05) is 6.61 Å². The summed E-state index contributed by atoms with van der Waals surface area (Å²) >= 11 is 10.0. The molecule has 0 radical (unpaired) electrons. The fourth-order valence-corrected chi connectivity index (χ4v) is 3.02. The molecule has 0 spiro atoms. The molecular weight excluding hydrogens is 316 g/mol. The number of rotatable bonds is 4. The molecule has 0 amide bonds. The lowest BCUT2D eigenvalue weighted by molar-refractivity contribution is 0.0135. The van der Waals surface area contributed by atoms with E-state index < -0.39 is 0 Å². The summed E-state index contributed by atoms with van der Waals surface area (Å²) in [6.45, 7) is 3.46. The number of alkyl halides is 1. The van der Waals surface area contributed by atoms with Gasteiger partial charge in [0.05, 0.1) is 22.6 Å². The summed E-state index contributed by atoms with van der Waals surface area (Å²) in [6.07, 6.45) is 3.52. The minimum Gasteiger partial charge on any atom is -0.493 e. The van der Waals surface area contributed by atoms with Crippen molar-refractivity contribution < 1.29 is 9.47 Å². The molecule has 100 valence electrons. The van der Waals surface area contributed by atoms with E-state index in [9.17, 15) is 0 Å². The fraction of sp³-hybridized carbons (Fsp3) is 0.571. The average molecular weight is 334 g/mol. The topological polar surface area (TPSA) is 18.5 Å². The van der Waals surface area contributed by atoms with Crippen LogP contribution in [0.4, 0.5) is 0 Å². The van der Waals surface area contributed by atoms with Crippen LogP contribution in [0.2, 0.25) is 0 Å². The number of hydrogen-bond donors (Lipinski definition) is 0. The zero-order chi connectivity index (χ0) is 13.0. The maximum Gasteiger partial charge on any atom is 0.133 e. The molecule has 0 aromatic heterocycles. The summed E-state index contributed by atoms with van der Waals surface area (Å²) in [4.78, 5) is 0. The first kappa shape index (κ1) is 14.2. The highest BCUT2D eigenvalue weighted by molar-refractivity contribution is 9.10. The molecule has 1 fully saturated rings. The van der Waals surface area contributed by atoms with E-state index in [-0.39, 0.29) is 11.5 Å². The summed E-state index contributed by atoms with van der Waals surface area (Å²) in [7, 11) is 0. The lowest BCUT2D eigenvalue weighted by Crippen LogP contribution is -2.23. The Labute approximate surface area is 122 Å². The summed E-state index contributed by atoms with van der Waals surface area (Å²) in [6, 6.07) is 6.01. The van der Waals surface area contributed by atoms with Crippen molar-refractivity contribution in [2.45, 2.75) is 37.7 Å². The van der Waals surface area contributed by atoms with E-state index in [1.807, 2.05) is 25.1 Å². The summed E-state index contributed by atoms with van der Waals surface area (Å²) in [5.41, 5.74) is 1.08. The first-order valence-electron chi connectivity index (χ1n) is 6.40. The van der Waals surface area contributed by atoms with Crippen LogP contribution in [0.3, 0.4) is 0 Å². The molecule has 0 aliphatic carbocycles. The highest BCUT2D eigenvalue weighted by Crippen LogP contribution is 2.35. The monoisotopic (exact) mass is 332 g/mol. The normalized spacial score (nSPS) is 21.6. The second kappa shape index (κ2) is 6.78. The third-order valence-corrected chi connectivity index (χ3v) is 4.27. The van der Waals surface area contributed by atoms with Gasteiger partial charge in [-0.2, -0.15) is 0 Å². The van der Waals surface area contributed by atoms with Gasteiger partial charge in [0.15, 0.2) is 0 Å². The second-order valence-corrected chi connectivity index (χ2v) is 5.75. The molecule has 0 bridgehead atoms. The molecule has 0 N–H and O–H groups in total. The minimum atomic E-state index is -0.0859. The van der Waals surface area contributed by atoms with E-state index in [1.165, 1.54) is 6.42 Å². The Morgan fingerprint density at radius 3 is 2.94 bits per heavy atom. The Balaban J connectivity index is 2.10. The van der Waals surface area contributed by atoms with Crippen LogP contribution in [0.15, 0.2) is 22.7 Å². The standard InChI is InChI=1S/C14H18BrClO2/c1-2-17-12-7-6-10(9-11(12)15)14(16)13-5-3-4-8-18-13/h6-7,9,13-14H,2-5,8H2,1H3. The minimum absolute atomic E-state index is 0.0859. The summed E-state index contributed by atoms with van der Waals surface area (Å²) in [5.74, 6) is 0.856. The molecule has 18 heavy (non-hydrogen) atoms. The summed E-state index contributed by atoms with van der Waals surface area (Å²) in [5, 5.41) is -0.0859. The van der Waals surface area contributed by atoms with Crippen LogP contribution >= 0.6 is 27.5 Å². The Morgan fingerprint density at radius 1 is 1.50 bits per heavy atom. The van der Waals surface area contributed by atoms with Crippen LogP contribution < -0.4 is 4.74 Å². The largest absolute Gasteiger partial charge is 0.493 e. The second-order valence-electron chi connectivity index (χ2n) is 4.43. The third-order valence-electron chi connectivity index (χ3n) is 3.12. The van der Waals surface area contributed by atoms with Crippen molar-refractivity contribution in [3.63, 3.8) is 0 Å². The predicted molar refractivity (Wildman–Crippen MR) is 77.5 cm³/mol. The van der Waals surface area contributed by atoms with Crippen molar-refractivity contribution in [2.75, 3.05) is 13.2 Å². The molecule has 1 aromatic rings. The van der Waals surface area contributed by atoms with Crippen LogP contribution in [0, 0.1) is 0 Å². The number of ether oxygens (including phenoxy) is 2. The van der Waals surface area contributed by atoms with E-state index in [1.54, 1.807) is 0 Å². The van der Waals surface area contributed by atoms with Gasteiger partial charge < -0.3 is 9.47 Å². The van der Waals surface area contributed by atoms with Crippen molar-refractivity contribution >= 4 is 27.5 Å². The van der Waals surface area contributed by atoms with Crippen LogP contribution in [0.25, 0.3) is 0 Å². The highest BCUT2D eigenvalue weighted by Gasteiger charge is 2.24. The number of hydrogen-bond acceptors (Lipinski definition) is 2.